The minimum atomic E-state index is -0.966. The molecule has 0 saturated carbocycles. The van der Waals surface area contributed by atoms with Gasteiger partial charge in [-0.05, 0) is 24.3 Å². The number of aromatic carboxylic acids is 1. The van der Waals surface area contributed by atoms with E-state index in [-0.39, 0.29) is 76.4 Å². The van der Waals surface area contributed by atoms with Crippen molar-refractivity contribution in [3.05, 3.63) is 41.7 Å². The molecule has 0 fully saturated rings. The number of carboxylic acid groups (broad SMARTS) is 1. The second-order valence-corrected chi connectivity index (χ2v) is 4.74. The molecule has 0 spiro atoms. The fourth-order valence-electron chi connectivity index (χ4n) is 1.99. The van der Waals surface area contributed by atoms with Crippen molar-refractivity contribution in [1.82, 2.24) is 19.9 Å². The van der Waals surface area contributed by atoms with Crippen molar-refractivity contribution in [2.24, 2.45) is 0 Å². The van der Waals surface area contributed by atoms with E-state index in [9.17, 15) is 4.79 Å². The van der Waals surface area contributed by atoms with Crippen LogP contribution < -0.4 is 16.8 Å². The summed E-state index contributed by atoms with van der Waals surface area (Å²) in [6.45, 7) is 0.388. The summed E-state index contributed by atoms with van der Waals surface area (Å²) in [7, 11) is 0. The Balaban J connectivity index is 0.00000156. The molecule has 0 atom stereocenters. The van der Waals surface area contributed by atoms with Crippen LogP contribution in [0.4, 0.5) is 17.5 Å². The number of carboxylic acids is 1. The van der Waals surface area contributed by atoms with E-state index in [1.165, 1.54) is 12.1 Å². The molecule has 3 aromatic rings. The van der Waals surface area contributed by atoms with Gasteiger partial charge in [0.1, 0.15) is 0 Å². The summed E-state index contributed by atoms with van der Waals surface area (Å²) >= 11 is 0. The van der Waals surface area contributed by atoms with Gasteiger partial charge < -0.3 is 21.9 Å². The monoisotopic (exact) mass is 359 g/mol. The molecule has 0 bridgehead atoms. The van der Waals surface area contributed by atoms with Crippen LogP contribution >= 0.6 is 0 Å². The summed E-state index contributed by atoms with van der Waals surface area (Å²) in [4.78, 5) is 27.1. The Bertz CT molecular complexity index is 890. The Hall–Kier alpha value is -1.49. The first kappa shape index (κ1) is 21.6. The third-order valence-corrected chi connectivity index (χ3v) is 3.11. The number of nitrogens with one attached hydrogen (secondary N) is 1. The molecule has 0 unspecified atom stereocenters. The predicted molar refractivity (Wildman–Crippen MR) is 99.0 cm³/mol. The zero-order valence-corrected chi connectivity index (χ0v) is 11.9. The van der Waals surface area contributed by atoms with Crippen LogP contribution in [0.25, 0.3) is 11.2 Å². The maximum absolute atomic E-state index is 10.8. The molecule has 9 nitrogen and oxygen atoms in total. The van der Waals surface area contributed by atoms with E-state index in [4.69, 9.17) is 16.6 Å². The second kappa shape index (κ2) is 9.27. The van der Waals surface area contributed by atoms with E-state index in [1.54, 1.807) is 18.3 Å². The Morgan fingerprint density at radius 1 is 1.08 bits per heavy atom. The van der Waals surface area contributed by atoms with Gasteiger partial charge in [0.05, 0.1) is 24.0 Å². The van der Waals surface area contributed by atoms with Crippen molar-refractivity contribution < 1.29 is 9.90 Å². The van der Waals surface area contributed by atoms with Crippen molar-refractivity contribution in [2.45, 2.75) is 6.54 Å². The Morgan fingerprint density at radius 3 is 2.40 bits per heavy atom. The van der Waals surface area contributed by atoms with Crippen molar-refractivity contribution in [3.63, 3.8) is 0 Å². The Morgan fingerprint density at radius 2 is 1.76 bits per heavy atom. The van der Waals surface area contributed by atoms with Crippen LogP contribution in [-0.2, 0) is 6.54 Å². The van der Waals surface area contributed by atoms with E-state index in [2.05, 4.69) is 25.3 Å². The van der Waals surface area contributed by atoms with Gasteiger partial charge in [-0.1, -0.05) is 0 Å². The molecule has 6 N–H and O–H groups in total. The zero-order valence-electron chi connectivity index (χ0n) is 11.9. The molecule has 0 aliphatic rings. The third-order valence-electron chi connectivity index (χ3n) is 3.11. The molecular formula is C14H15N7Na2O2. The van der Waals surface area contributed by atoms with E-state index >= 15 is 0 Å². The average molecular weight is 359 g/mol. The average Bonchev–Trinajstić information content (AvgIpc) is 2.53. The molecule has 0 saturated heterocycles. The number of carbonyl (C=O) groups is 1. The van der Waals surface area contributed by atoms with E-state index in [1.807, 2.05) is 0 Å². The summed E-state index contributed by atoms with van der Waals surface area (Å²) in [5.74, 6) is -0.743. The van der Waals surface area contributed by atoms with Crippen LogP contribution in [-0.4, -0.2) is 90.1 Å². The topological polar surface area (TPSA) is 153 Å². The van der Waals surface area contributed by atoms with Crippen molar-refractivity contribution in [1.29, 1.82) is 0 Å². The summed E-state index contributed by atoms with van der Waals surface area (Å²) in [6, 6.07) is 6.39. The van der Waals surface area contributed by atoms with Gasteiger partial charge in [-0.2, -0.15) is 9.97 Å². The molecule has 120 valence electrons. The number of nitrogen functional groups attached to an aromatic ring is 2. The molecule has 0 amide bonds. The second-order valence-electron chi connectivity index (χ2n) is 4.74. The minimum absolute atomic E-state index is 0. The van der Waals surface area contributed by atoms with Crippen LogP contribution in [0.3, 0.4) is 0 Å². The maximum atomic E-state index is 10.8. The van der Waals surface area contributed by atoms with Gasteiger partial charge >= 0.3 is 65.1 Å². The number of nitrogens with zero attached hydrogens (tertiary/aromatic N) is 4. The number of anilines is 3. The van der Waals surface area contributed by atoms with Crippen molar-refractivity contribution in [2.75, 3.05) is 16.8 Å². The number of fused-ring (bicyclic) bond motifs is 1. The first-order valence-corrected chi connectivity index (χ1v) is 6.65. The Labute approximate surface area is 187 Å². The third kappa shape index (κ3) is 5.24. The fourth-order valence-corrected chi connectivity index (χ4v) is 1.99. The number of rotatable bonds is 4. The normalized spacial score (nSPS) is 9.76. The van der Waals surface area contributed by atoms with Gasteiger partial charge in [0.25, 0.3) is 0 Å². The van der Waals surface area contributed by atoms with Crippen LogP contribution in [0.15, 0.2) is 30.5 Å². The number of nitrogens with two attached hydrogens (primary N) is 2. The molecule has 25 heavy (non-hydrogen) atoms. The molecular weight excluding hydrogens is 344 g/mol. The van der Waals surface area contributed by atoms with Crippen LogP contribution in [0.5, 0.6) is 0 Å². The predicted octanol–water partition coefficient (Wildman–Crippen LogP) is -0.403. The summed E-state index contributed by atoms with van der Waals surface area (Å²) in [5, 5.41) is 12.0. The molecule has 1 aromatic carbocycles. The number of hydrogen-bond donors (Lipinski definition) is 4. The van der Waals surface area contributed by atoms with Crippen LogP contribution in [0.1, 0.15) is 16.1 Å². The Kier molecular flexibility index (Phi) is 8.00. The van der Waals surface area contributed by atoms with E-state index < -0.39 is 5.97 Å². The first-order valence-electron chi connectivity index (χ1n) is 6.65. The number of aromatic nitrogens is 4. The first-order chi connectivity index (χ1) is 11.0. The van der Waals surface area contributed by atoms with Gasteiger partial charge in [0.15, 0.2) is 17.0 Å². The summed E-state index contributed by atoms with van der Waals surface area (Å²) < 4.78 is 0. The van der Waals surface area contributed by atoms with E-state index in [0.29, 0.717) is 23.4 Å². The van der Waals surface area contributed by atoms with Gasteiger partial charge in [0, 0.05) is 5.69 Å². The molecule has 0 radical (unpaired) electrons. The zero-order chi connectivity index (χ0) is 16.4. The molecule has 11 heteroatoms. The molecule has 2 heterocycles. The van der Waals surface area contributed by atoms with E-state index in [0.717, 1.165) is 5.69 Å². The van der Waals surface area contributed by atoms with Crippen LogP contribution in [0, 0.1) is 0 Å². The molecule has 2 aromatic heterocycles. The van der Waals surface area contributed by atoms with Crippen LogP contribution in [0.2, 0.25) is 0 Å². The summed E-state index contributed by atoms with van der Waals surface area (Å²) in [5.41, 5.74) is 13.6. The molecule has 0 aliphatic heterocycles. The number of hydrogen-bond acceptors (Lipinski definition) is 8. The number of benzene rings is 1. The fraction of sp³-hybridized carbons (Fsp3) is 0.0714. The quantitative estimate of drug-likeness (QED) is 0.456. The SMILES string of the molecule is Nc1nc(N)c2nc(CNc3ccc(C(=O)O)cc3)cnc2n1.[NaH].[NaH]. The van der Waals surface area contributed by atoms with Gasteiger partial charge in [-0.15, -0.1) is 0 Å². The van der Waals surface area contributed by atoms with Crippen molar-refractivity contribution >= 4 is 93.7 Å². The molecule has 3 rings (SSSR count). The van der Waals surface area contributed by atoms with Gasteiger partial charge in [-0.3, -0.25) is 0 Å². The summed E-state index contributed by atoms with van der Waals surface area (Å²) in [6.07, 6.45) is 1.56. The van der Waals surface area contributed by atoms with Gasteiger partial charge in [0.2, 0.25) is 5.95 Å². The van der Waals surface area contributed by atoms with Gasteiger partial charge in [-0.25, -0.2) is 14.8 Å². The molecule has 0 aliphatic carbocycles. The standard InChI is InChI=1S/C14H13N7O2.2Na.2H/c15-11-10-12(21-14(16)20-11)18-6-9(19-10)5-17-8-3-1-7(2-4-8)13(22)23;;;;/h1-4,6,17H,5H2,(H,22,23)(H4,15,16,18,20,21);;;;. The van der Waals surface area contributed by atoms with Crippen molar-refractivity contribution in [3.8, 4) is 0 Å².